The van der Waals surface area contributed by atoms with Crippen molar-refractivity contribution in [1.29, 1.82) is 0 Å². The Morgan fingerprint density at radius 3 is 2.16 bits per heavy atom. The summed E-state index contributed by atoms with van der Waals surface area (Å²) in [7, 11) is 1.32. The zero-order valence-corrected chi connectivity index (χ0v) is 16.9. The second-order valence-electron chi connectivity index (χ2n) is 6.86. The molecule has 1 aromatic carbocycles. The number of hydrogen-bond donors (Lipinski definition) is 8. The van der Waals surface area contributed by atoms with Crippen LogP contribution in [-0.2, 0) is 19.1 Å². The molecule has 0 saturated carbocycles. The summed E-state index contributed by atoms with van der Waals surface area (Å²) in [6.45, 7) is -0.970. The highest BCUT2D eigenvalue weighted by molar-refractivity contribution is 5.83. The van der Waals surface area contributed by atoms with E-state index in [2.05, 4.69) is 10.6 Å². The van der Waals surface area contributed by atoms with E-state index in [0.29, 0.717) is 5.56 Å². The number of carboxylic acids is 1. The number of nitrogens with two attached hydrogens (primary N) is 1. The highest BCUT2D eigenvalue weighted by atomic mass is 16.5. The number of aliphatic hydroxyl groups is 4. The molecule has 0 spiro atoms. The van der Waals surface area contributed by atoms with Crippen LogP contribution >= 0.6 is 0 Å². The van der Waals surface area contributed by atoms with Gasteiger partial charge in [-0.05, 0) is 5.56 Å². The Balaban J connectivity index is 2.83. The van der Waals surface area contributed by atoms with Crippen LogP contribution in [0.2, 0.25) is 0 Å². The smallest absolute Gasteiger partial charge is 0.305 e. The molecule has 1 aromatic rings. The number of hydrogen-bond acceptors (Lipinski definition) is 9. The van der Waals surface area contributed by atoms with E-state index in [1.54, 1.807) is 30.3 Å². The molecule has 0 aliphatic carbocycles. The number of methoxy groups -OCH3 is 1. The second kappa shape index (κ2) is 12.9. The standard InChI is InChI=1S/C19H29N3O9/c1-31-9-11(20)18(29)22-13(8-23)15(26)16(27)17(28)19(30)21-12(7-14(24)25)10-5-3-2-4-6-10/h2-6,11-13,15-17,23,26-28H,7-9,20H2,1H3,(H,21,30)(H,22,29)(H,24,25). The monoisotopic (exact) mass is 443 g/mol. The van der Waals surface area contributed by atoms with Gasteiger partial charge in [0.2, 0.25) is 5.91 Å². The second-order valence-corrected chi connectivity index (χ2v) is 6.86. The molecule has 31 heavy (non-hydrogen) atoms. The molecular weight excluding hydrogens is 414 g/mol. The fourth-order valence-electron chi connectivity index (χ4n) is 2.73. The molecule has 12 heteroatoms. The Morgan fingerprint density at radius 1 is 1.03 bits per heavy atom. The summed E-state index contributed by atoms with van der Waals surface area (Å²) in [6, 6.07) is 4.54. The molecular formula is C19H29N3O9. The van der Waals surface area contributed by atoms with E-state index in [0.717, 1.165) is 0 Å². The van der Waals surface area contributed by atoms with Crippen molar-refractivity contribution in [3.05, 3.63) is 35.9 Å². The molecule has 0 bridgehead atoms. The molecule has 6 unspecified atom stereocenters. The van der Waals surface area contributed by atoms with Gasteiger partial charge in [-0.1, -0.05) is 30.3 Å². The van der Waals surface area contributed by atoms with Gasteiger partial charge in [-0.25, -0.2) is 0 Å². The van der Waals surface area contributed by atoms with Crippen LogP contribution < -0.4 is 16.4 Å². The first-order valence-electron chi connectivity index (χ1n) is 9.39. The summed E-state index contributed by atoms with van der Waals surface area (Å²) in [4.78, 5) is 35.4. The summed E-state index contributed by atoms with van der Waals surface area (Å²) >= 11 is 0. The minimum absolute atomic E-state index is 0.141. The van der Waals surface area contributed by atoms with Crippen LogP contribution in [0.5, 0.6) is 0 Å². The third-order valence-corrected chi connectivity index (χ3v) is 4.46. The zero-order valence-electron chi connectivity index (χ0n) is 16.9. The fraction of sp³-hybridized carbons (Fsp3) is 0.526. The third-order valence-electron chi connectivity index (χ3n) is 4.46. The van der Waals surface area contributed by atoms with E-state index in [-0.39, 0.29) is 6.61 Å². The molecule has 12 nitrogen and oxygen atoms in total. The molecule has 2 amide bonds. The summed E-state index contributed by atoms with van der Waals surface area (Å²) in [6.07, 6.45) is -6.74. The number of carboxylic acid groups (broad SMARTS) is 1. The highest BCUT2D eigenvalue weighted by Crippen LogP contribution is 2.17. The SMILES string of the molecule is COCC(N)C(=O)NC(CO)C(O)C(O)C(O)C(=O)NC(CC(=O)O)c1ccccc1. The topological polar surface area (TPSA) is 212 Å². The highest BCUT2D eigenvalue weighted by Gasteiger charge is 2.37. The average molecular weight is 443 g/mol. The Labute approximate surface area is 178 Å². The molecule has 6 atom stereocenters. The van der Waals surface area contributed by atoms with Crippen molar-refractivity contribution in [3.8, 4) is 0 Å². The number of aliphatic carboxylic acids is 1. The molecule has 0 radical (unpaired) electrons. The fourth-order valence-corrected chi connectivity index (χ4v) is 2.73. The summed E-state index contributed by atoms with van der Waals surface area (Å²) in [5, 5.41) is 53.5. The number of carbonyl (C=O) groups excluding carboxylic acids is 2. The first kappa shape index (κ1) is 26.4. The van der Waals surface area contributed by atoms with Crippen molar-refractivity contribution in [2.75, 3.05) is 20.3 Å². The van der Waals surface area contributed by atoms with Crippen molar-refractivity contribution in [2.45, 2.75) is 42.9 Å². The van der Waals surface area contributed by atoms with Crippen molar-refractivity contribution < 1.29 is 44.7 Å². The lowest BCUT2D eigenvalue weighted by Gasteiger charge is -2.30. The lowest BCUT2D eigenvalue weighted by atomic mass is 9.99. The Bertz CT molecular complexity index is 719. The van der Waals surface area contributed by atoms with Gasteiger partial charge in [0.05, 0.1) is 31.7 Å². The number of carbonyl (C=O) groups is 3. The van der Waals surface area contributed by atoms with Gasteiger partial charge in [0.1, 0.15) is 18.2 Å². The van der Waals surface area contributed by atoms with Crippen LogP contribution in [0.4, 0.5) is 0 Å². The van der Waals surface area contributed by atoms with Crippen molar-refractivity contribution in [2.24, 2.45) is 5.73 Å². The first-order chi connectivity index (χ1) is 14.6. The van der Waals surface area contributed by atoms with Gasteiger partial charge < -0.3 is 46.6 Å². The van der Waals surface area contributed by atoms with Gasteiger partial charge in [-0.2, -0.15) is 0 Å². The van der Waals surface area contributed by atoms with Crippen LogP contribution in [0.15, 0.2) is 30.3 Å². The largest absolute Gasteiger partial charge is 0.481 e. The maximum Gasteiger partial charge on any atom is 0.305 e. The van der Waals surface area contributed by atoms with Crippen LogP contribution in [0.3, 0.4) is 0 Å². The summed E-state index contributed by atoms with van der Waals surface area (Å²) in [5.41, 5.74) is 5.99. The van der Waals surface area contributed by atoms with Gasteiger partial charge in [-0.15, -0.1) is 0 Å². The van der Waals surface area contributed by atoms with E-state index < -0.39 is 67.2 Å². The molecule has 174 valence electrons. The van der Waals surface area contributed by atoms with E-state index >= 15 is 0 Å². The van der Waals surface area contributed by atoms with Crippen LogP contribution in [0.1, 0.15) is 18.0 Å². The molecule has 0 heterocycles. The zero-order chi connectivity index (χ0) is 23.6. The number of ether oxygens (including phenoxy) is 1. The number of benzene rings is 1. The van der Waals surface area contributed by atoms with Crippen molar-refractivity contribution >= 4 is 17.8 Å². The van der Waals surface area contributed by atoms with Gasteiger partial charge in [0, 0.05) is 7.11 Å². The number of aliphatic hydroxyl groups excluding tert-OH is 4. The molecule has 0 aliphatic heterocycles. The minimum Gasteiger partial charge on any atom is -0.481 e. The van der Waals surface area contributed by atoms with E-state index in [9.17, 15) is 34.8 Å². The van der Waals surface area contributed by atoms with E-state index in [1.807, 2.05) is 0 Å². The Hall–Kier alpha value is -2.61. The van der Waals surface area contributed by atoms with Gasteiger partial charge >= 0.3 is 5.97 Å². The first-order valence-corrected chi connectivity index (χ1v) is 9.39. The van der Waals surface area contributed by atoms with Gasteiger partial charge in [0.25, 0.3) is 5.91 Å². The molecule has 1 rings (SSSR count). The lowest BCUT2D eigenvalue weighted by molar-refractivity contribution is -0.145. The molecule has 0 fully saturated rings. The van der Waals surface area contributed by atoms with Crippen LogP contribution in [-0.4, -0.2) is 94.0 Å². The van der Waals surface area contributed by atoms with Crippen molar-refractivity contribution in [3.63, 3.8) is 0 Å². The Kier molecular flexibility index (Phi) is 11.0. The molecule has 0 aliphatic rings. The van der Waals surface area contributed by atoms with Crippen LogP contribution in [0.25, 0.3) is 0 Å². The maximum absolute atomic E-state index is 12.4. The van der Waals surface area contributed by atoms with Crippen molar-refractivity contribution in [1.82, 2.24) is 10.6 Å². The predicted molar refractivity (Wildman–Crippen MR) is 106 cm³/mol. The normalized spacial score (nSPS) is 17.0. The maximum atomic E-state index is 12.4. The molecule has 0 saturated heterocycles. The quantitative estimate of drug-likeness (QED) is 0.153. The van der Waals surface area contributed by atoms with E-state index in [1.165, 1.54) is 7.11 Å². The van der Waals surface area contributed by atoms with Crippen LogP contribution in [0, 0.1) is 0 Å². The third kappa shape index (κ3) is 8.20. The minimum atomic E-state index is -2.19. The number of nitrogens with one attached hydrogen (secondary N) is 2. The number of rotatable bonds is 13. The Morgan fingerprint density at radius 2 is 1.65 bits per heavy atom. The average Bonchev–Trinajstić information content (AvgIpc) is 2.75. The van der Waals surface area contributed by atoms with Gasteiger partial charge in [-0.3, -0.25) is 14.4 Å². The van der Waals surface area contributed by atoms with E-state index in [4.69, 9.17) is 15.6 Å². The number of amides is 2. The van der Waals surface area contributed by atoms with Gasteiger partial charge in [0.15, 0.2) is 6.10 Å². The summed E-state index contributed by atoms with van der Waals surface area (Å²) < 4.78 is 4.72. The lowest BCUT2D eigenvalue weighted by Crippen LogP contribution is -2.58. The molecule has 9 N–H and O–H groups in total. The predicted octanol–water partition coefficient (Wildman–Crippen LogP) is -3.15. The summed E-state index contributed by atoms with van der Waals surface area (Å²) in [5.74, 6) is -3.16. The molecule has 0 aromatic heterocycles.